The first-order chi connectivity index (χ1) is 11.6. The zero-order valence-corrected chi connectivity index (χ0v) is 15.6. The average Bonchev–Trinajstić information content (AvgIpc) is 2.73. The Balaban J connectivity index is 2.60. The van der Waals surface area contributed by atoms with E-state index in [9.17, 15) is 9.59 Å². The molecule has 0 fully saturated rings. The van der Waals surface area contributed by atoms with Gasteiger partial charge in [-0.15, -0.1) is 0 Å². The average molecular weight is 343 g/mol. The van der Waals surface area contributed by atoms with Crippen LogP contribution in [0.25, 0.3) is 12.2 Å². The molecule has 2 rings (SSSR count). The Hall–Kier alpha value is -2.40. The van der Waals surface area contributed by atoms with Crippen molar-refractivity contribution in [2.75, 3.05) is 14.2 Å². The van der Waals surface area contributed by atoms with E-state index in [1.165, 1.54) is 26.4 Å². The predicted octanol–water partition coefficient (Wildman–Crippen LogP) is 3.13. The van der Waals surface area contributed by atoms with Crippen molar-refractivity contribution in [2.24, 2.45) is 0 Å². The van der Waals surface area contributed by atoms with Crippen molar-refractivity contribution < 1.29 is 19.1 Å². The summed E-state index contributed by atoms with van der Waals surface area (Å²) in [7, 11) is 2.67. The van der Waals surface area contributed by atoms with Crippen molar-refractivity contribution >= 4 is 24.1 Å². The van der Waals surface area contributed by atoms with Crippen LogP contribution in [0.2, 0.25) is 0 Å². The second kappa shape index (κ2) is 6.84. The molecular weight excluding hydrogens is 318 g/mol. The van der Waals surface area contributed by atoms with Crippen LogP contribution in [0.4, 0.5) is 0 Å². The fourth-order valence-electron chi connectivity index (χ4n) is 3.32. The number of benzene rings is 1. The number of methoxy groups -OCH3 is 2. The largest absolute Gasteiger partial charge is 0.466 e. The number of rotatable bonds is 4. The van der Waals surface area contributed by atoms with Gasteiger partial charge in [-0.25, -0.2) is 9.59 Å². The highest BCUT2D eigenvalue weighted by Gasteiger charge is 2.41. The van der Waals surface area contributed by atoms with Crippen LogP contribution < -0.4 is 5.32 Å². The van der Waals surface area contributed by atoms with Gasteiger partial charge in [0.1, 0.15) is 0 Å². The van der Waals surface area contributed by atoms with E-state index in [4.69, 9.17) is 0 Å². The molecule has 5 heteroatoms. The van der Waals surface area contributed by atoms with Crippen molar-refractivity contribution in [3.05, 3.63) is 46.5 Å². The van der Waals surface area contributed by atoms with Crippen LogP contribution >= 0.6 is 0 Å². The molecule has 1 N–H and O–H groups in total. The Kier molecular flexibility index (Phi) is 5.18. The Morgan fingerprint density at radius 1 is 0.840 bits per heavy atom. The van der Waals surface area contributed by atoms with E-state index in [2.05, 4.69) is 42.5 Å². The number of ether oxygens (including phenoxy) is 2. The second-order valence-corrected chi connectivity index (χ2v) is 7.11. The van der Waals surface area contributed by atoms with Gasteiger partial charge in [0.25, 0.3) is 0 Å². The minimum atomic E-state index is -0.430. The summed E-state index contributed by atoms with van der Waals surface area (Å²) >= 11 is 0. The van der Waals surface area contributed by atoms with E-state index in [1.54, 1.807) is 12.2 Å². The topological polar surface area (TPSA) is 64.6 Å². The molecule has 0 radical (unpaired) electrons. The number of fused-ring (bicyclic) bond motifs is 1. The summed E-state index contributed by atoms with van der Waals surface area (Å²) < 4.78 is 9.33. The highest BCUT2D eigenvalue weighted by atomic mass is 16.5. The minimum absolute atomic E-state index is 0.197. The minimum Gasteiger partial charge on any atom is -0.466 e. The lowest BCUT2D eigenvalue weighted by atomic mass is 9.86. The van der Waals surface area contributed by atoms with Crippen LogP contribution in [0.5, 0.6) is 0 Å². The fourth-order valence-corrected chi connectivity index (χ4v) is 3.32. The van der Waals surface area contributed by atoms with Crippen LogP contribution in [0.3, 0.4) is 0 Å². The van der Waals surface area contributed by atoms with Crippen molar-refractivity contribution in [1.29, 1.82) is 0 Å². The standard InChI is InChI=1S/C20H25NO4/c1-19(2)15-11-13(7-9-17(22)24-5)14(8-10-18(23)25-6)12-16(15)20(3,4)21-19/h7-12,21H,1-6H3. The third kappa shape index (κ3) is 3.99. The van der Waals surface area contributed by atoms with Gasteiger partial charge in [-0.2, -0.15) is 0 Å². The molecule has 0 aromatic heterocycles. The molecule has 0 atom stereocenters. The Morgan fingerprint density at radius 2 is 1.20 bits per heavy atom. The van der Waals surface area contributed by atoms with Gasteiger partial charge in [0, 0.05) is 23.2 Å². The third-order valence-corrected chi connectivity index (χ3v) is 4.40. The lowest BCUT2D eigenvalue weighted by molar-refractivity contribution is -0.135. The summed E-state index contributed by atoms with van der Waals surface area (Å²) in [5.41, 5.74) is 3.59. The molecule has 0 aliphatic carbocycles. The molecule has 0 amide bonds. The summed E-state index contributed by atoms with van der Waals surface area (Å²) in [4.78, 5) is 22.9. The number of hydrogen-bond donors (Lipinski definition) is 1. The first-order valence-corrected chi connectivity index (χ1v) is 8.11. The molecule has 1 aromatic carbocycles. The number of esters is 2. The molecule has 134 valence electrons. The van der Waals surface area contributed by atoms with Gasteiger partial charge in [0.15, 0.2) is 0 Å². The smallest absolute Gasteiger partial charge is 0.330 e. The van der Waals surface area contributed by atoms with Gasteiger partial charge in [0.05, 0.1) is 14.2 Å². The number of nitrogens with one attached hydrogen (secondary N) is 1. The molecule has 1 aliphatic rings. The highest BCUT2D eigenvalue weighted by molar-refractivity contribution is 5.90. The van der Waals surface area contributed by atoms with Gasteiger partial charge in [-0.3, -0.25) is 5.32 Å². The van der Waals surface area contributed by atoms with Gasteiger partial charge >= 0.3 is 11.9 Å². The summed E-state index contributed by atoms with van der Waals surface area (Å²) in [6, 6.07) is 4.10. The van der Waals surface area contributed by atoms with E-state index in [0.717, 1.165) is 22.3 Å². The molecule has 1 heterocycles. The monoisotopic (exact) mass is 343 g/mol. The molecule has 5 nitrogen and oxygen atoms in total. The van der Waals surface area contributed by atoms with Crippen LogP contribution in [0.1, 0.15) is 49.9 Å². The third-order valence-electron chi connectivity index (χ3n) is 4.40. The van der Waals surface area contributed by atoms with Crippen LogP contribution in [0.15, 0.2) is 24.3 Å². The van der Waals surface area contributed by atoms with E-state index in [1.807, 2.05) is 12.1 Å². The summed E-state index contributed by atoms with van der Waals surface area (Å²) in [5.74, 6) is -0.859. The quantitative estimate of drug-likeness (QED) is 0.672. The Bertz CT molecular complexity index is 694. The molecule has 0 saturated carbocycles. The number of carbonyl (C=O) groups is 2. The maximum absolute atomic E-state index is 11.5. The second-order valence-electron chi connectivity index (χ2n) is 7.11. The molecular formula is C20H25NO4. The maximum Gasteiger partial charge on any atom is 0.330 e. The van der Waals surface area contributed by atoms with Crippen molar-refractivity contribution in [3.63, 3.8) is 0 Å². The SMILES string of the molecule is COC(=O)C=Cc1cc2c(cc1C=CC(=O)OC)C(C)(C)NC2(C)C. The Labute approximate surface area is 148 Å². The molecule has 1 aliphatic heterocycles. The normalized spacial score (nSPS) is 17.7. The first-order valence-electron chi connectivity index (χ1n) is 8.11. The zero-order chi connectivity index (χ0) is 18.8. The number of hydrogen-bond acceptors (Lipinski definition) is 5. The van der Waals surface area contributed by atoms with Crippen molar-refractivity contribution in [3.8, 4) is 0 Å². The van der Waals surface area contributed by atoms with Gasteiger partial charge in [-0.05, 0) is 74.2 Å². The molecule has 0 bridgehead atoms. The zero-order valence-electron chi connectivity index (χ0n) is 15.6. The van der Waals surface area contributed by atoms with Crippen molar-refractivity contribution in [2.45, 2.75) is 38.8 Å². The Morgan fingerprint density at radius 3 is 1.52 bits per heavy atom. The van der Waals surface area contributed by atoms with E-state index >= 15 is 0 Å². The summed E-state index contributed by atoms with van der Waals surface area (Å²) in [6.45, 7) is 8.49. The van der Waals surface area contributed by atoms with Crippen molar-refractivity contribution in [1.82, 2.24) is 5.32 Å². The van der Waals surface area contributed by atoms with Gasteiger partial charge in [-0.1, -0.05) is 0 Å². The molecule has 0 spiro atoms. The summed E-state index contributed by atoms with van der Waals surface area (Å²) in [6.07, 6.45) is 6.14. The lowest BCUT2D eigenvalue weighted by Gasteiger charge is -2.25. The van der Waals surface area contributed by atoms with Crippen LogP contribution in [-0.2, 0) is 30.1 Å². The fraction of sp³-hybridized carbons (Fsp3) is 0.400. The molecule has 25 heavy (non-hydrogen) atoms. The first kappa shape index (κ1) is 18.9. The van der Waals surface area contributed by atoms with Gasteiger partial charge in [0.2, 0.25) is 0 Å². The highest BCUT2D eigenvalue weighted by Crippen LogP contribution is 2.42. The molecule has 0 saturated heterocycles. The molecule has 0 unspecified atom stereocenters. The van der Waals surface area contributed by atoms with Crippen LogP contribution in [0, 0.1) is 0 Å². The van der Waals surface area contributed by atoms with Gasteiger partial charge < -0.3 is 9.47 Å². The van der Waals surface area contributed by atoms with Crippen LogP contribution in [-0.4, -0.2) is 26.2 Å². The number of carbonyl (C=O) groups excluding carboxylic acids is 2. The summed E-state index contributed by atoms with van der Waals surface area (Å²) in [5, 5.41) is 3.61. The maximum atomic E-state index is 11.5. The molecule has 1 aromatic rings. The van der Waals surface area contributed by atoms with E-state index < -0.39 is 11.9 Å². The van der Waals surface area contributed by atoms with E-state index in [0.29, 0.717) is 0 Å². The van der Waals surface area contributed by atoms with E-state index in [-0.39, 0.29) is 11.1 Å². The lowest BCUT2D eigenvalue weighted by Crippen LogP contribution is -2.39. The predicted molar refractivity (Wildman–Crippen MR) is 97.7 cm³/mol.